The quantitative estimate of drug-likeness (QED) is 0.408. The number of amides is 3. The fourth-order valence-electron chi connectivity index (χ4n) is 4.14. The second-order valence-electron chi connectivity index (χ2n) is 8.51. The van der Waals surface area contributed by atoms with Crippen LogP contribution in [-0.4, -0.2) is 38.6 Å². The van der Waals surface area contributed by atoms with Crippen LogP contribution < -0.4 is 10.6 Å². The summed E-state index contributed by atoms with van der Waals surface area (Å²) in [6, 6.07) is 21.4. The third-order valence-corrected chi connectivity index (χ3v) is 6.27. The van der Waals surface area contributed by atoms with E-state index in [2.05, 4.69) is 20.6 Å². The van der Waals surface area contributed by atoms with Crippen LogP contribution >= 0.6 is 11.6 Å². The van der Waals surface area contributed by atoms with E-state index in [9.17, 15) is 14.4 Å². The smallest absolute Gasteiger partial charge is 0.256 e. The summed E-state index contributed by atoms with van der Waals surface area (Å²) in [4.78, 5) is 49.6. The second-order valence-corrected chi connectivity index (χ2v) is 8.95. The lowest BCUT2D eigenvalue weighted by atomic mass is 10.0. The van der Waals surface area contributed by atoms with Crippen molar-refractivity contribution in [3.05, 3.63) is 119 Å². The van der Waals surface area contributed by atoms with Gasteiger partial charge in [-0.3, -0.25) is 19.4 Å². The van der Waals surface area contributed by atoms with Crippen molar-refractivity contribution in [3.63, 3.8) is 0 Å². The number of nitrogens with one attached hydrogen (secondary N) is 2. The molecule has 0 bridgehead atoms. The number of halogens is 1. The maximum absolute atomic E-state index is 13.7. The van der Waals surface area contributed by atoms with Crippen LogP contribution in [0, 0.1) is 0 Å². The maximum atomic E-state index is 13.7. The van der Waals surface area contributed by atoms with Crippen molar-refractivity contribution in [1.29, 1.82) is 0 Å². The van der Waals surface area contributed by atoms with Crippen LogP contribution in [0.5, 0.6) is 0 Å². The number of anilines is 2. The lowest BCUT2D eigenvalue weighted by molar-refractivity contribution is -0.120. The Balaban J connectivity index is 1.42. The molecule has 5 rings (SSSR count). The van der Waals surface area contributed by atoms with Gasteiger partial charge in [0.25, 0.3) is 11.8 Å². The van der Waals surface area contributed by atoms with Gasteiger partial charge in [-0.1, -0.05) is 29.8 Å². The minimum Gasteiger partial charge on any atom is -0.324 e. The predicted molar refractivity (Wildman–Crippen MR) is 140 cm³/mol. The Hall–Kier alpha value is -4.56. The molecule has 0 radical (unpaired) electrons. The van der Waals surface area contributed by atoms with E-state index < -0.39 is 6.04 Å². The van der Waals surface area contributed by atoms with E-state index in [1.807, 2.05) is 12.1 Å². The van der Waals surface area contributed by atoms with E-state index in [4.69, 9.17) is 11.6 Å². The van der Waals surface area contributed by atoms with Crippen molar-refractivity contribution < 1.29 is 14.4 Å². The Morgan fingerprint density at radius 1 is 0.946 bits per heavy atom. The third kappa shape index (κ3) is 5.49. The highest BCUT2D eigenvalue weighted by Gasteiger charge is 2.34. The van der Waals surface area contributed by atoms with Crippen LogP contribution in [0.25, 0.3) is 0 Å². The molecular weight excluding hydrogens is 490 g/mol. The molecule has 1 atom stereocenters. The highest BCUT2D eigenvalue weighted by molar-refractivity contribution is 6.31. The molecule has 0 saturated heterocycles. The van der Waals surface area contributed by atoms with Crippen LogP contribution in [0.4, 0.5) is 11.5 Å². The van der Waals surface area contributed by atoms with Crippen molar-refractivity contribution in [2.75, 3.05) is 10.6 Å². The molecule has 37 heavy (non-hydrogen) atoms. The molecule has 0 aliphatic carbocycles. The van der Waals surface area contributed by atoms with Crippen LogP contribution in [0.1, 0.15) is 32.0 Å². The van der Waals surface area contributed by atoms with Crippen LogP contribution in [0.2, 0.25) is 5.02 Å². The summed E-state index contributed by atoms with van der Waals surface area (Å²) in [5, 5.41) is 6.12. The molecule has 0 fully saturated rings. The van der Waals surface area contributed by atoms with Crippen molar-refractivity contribution >= 4 is 40.8 Å². The molecule has 2 aromatic carbocycles. The zero-order valence-electron chi connectivity index (χ0n) is 19.6. The van der Waals surface area contributed by atoms with Crippen molar-refractivity contribution in [1.82, 2.24) is 14.9 Å². The molecule has 4 aromatic rings. The van der Waals surface area contributed by atoms with Gasteiger partial charge in [-0.15, -0.1) is 0 Å². The van der Waals surface area contributed by atoms with Gasteiger partial charge < -0.3 is 15.5 Å². The number of benzene rings is 2. The molecule has 1 aliphatic rings. The van der Waals surface area contributed by atoms with Gasteiger partial charge in [-0.05, 0) is 66.2 Å². The molecule has 2 aromatic heterocycles. The fourth-order valence-corrected chi connectivity index (χ4v) is 4.31. The second kappa shape index (κ2) is 10.6. The SMILES string of the molecule is O=C(Nc1ccccn1)c1ccc(C(=O)N2Cc3ccc(Cl)cc3NC(=O)C2Cc2ccccn2)cc1. The summed E-state index contributed by atoms with van der Waals surface area (Å²) < 4.78 is 0. The van der Waals surface area contributed by atoms with Crippen molar-refractivity contribution in [3.8, 4) is 0 Å². The standard InChI is InChI=1S/C28H22ClN5O3/c29-21-12-11-20-17-34(24(27(36)32-23(20)15-21)16-22-5-1-3-13-30-22)28(37)19-9-7-18(8-10-19)26(35)33-25-6-2-4-14-31-25/h1-15,24H,16-17H2,(H,32,36)(H,31,33,35). The van der Waals surface area contributed by atoms with Crippen LogP contribution in [0.3, 0.4) is 0 Å². The number of hydrogen-bond donors (Lipinski definition) is 2. The summed E-state index contributed by atoms with van der Waals surface area (Å²) >= 11 is 6.15. The van der Waals surface area contributed by atoms with Gasteiger partial charge in [0.2, 0.25) is 5.91 Å². The monoisotopic (exact) mass is 511 g/mol. The summed E-state index contributed by atoms with van der Waals surface area (Å²) in [5.74, 6) is -0.577. The van der Waals surface area contributed by atoms with Crippen LogP contribution in [0.15, 0.2) is 91.3 Å². The third-order valence-electron chi connectivity index (χ3n) is 6.04. The fraction of sp³-hybridized carbons (Fsp3) is 0.107. The van der Waals surface area contributed by atoms with Crippen LogP contribution in [-0.2, 0) is 17.8 Å². The van der Waals surface area contributed by atoms with Gasteiger partial charge in [0, 0.05) is 52.9 Å². The van der Waals surface area contributed by atoms with E-state index in [1.165, 1.54) is 4.90 Å². The zero-order valence-corrected chi connectivity index (χ0v) is 20.4. The molecule has 1 aliphatic heterocycles. The largest absolute Gasteiger partial charge is 0.324 e. The summed E-state index contributed by atoms with van der Waals surface area (Å²) in [5.41, 5.74) is 2.75. The van der Waals surface area contributed by atoms with E-state index >= 15 is 0 Å². The lowest BCUT2D eigenvalue weighted by Gasteiger charge is -2.28. The first-order chi connectivity index (χ1) is 18.0. The Morgan fingerprint density at radius 3 is 2.38 bits per heavy atom. The Labute approximate surface area is 218 Å². The first-order valence-electron chi connectivity index (χ1n) is 11.6. The molecule has 0 spiro atoms. The molecule has 3 amide bonds. The van der Waals surface area contributed by atoms with Gasteiger partial charge in [0.05, 0.1) is 0 Å². The van der Waals surface area contributed by atoms with E-state index in [1.54, 1.807) is 79.1 Å². The summed E-state index contributed by atoms with van der Waals surface area (Å²) in [7, 11) is 0. The minimum absolute atomic E-state index is 0.198. The number of hydrogen-bond acceptors (Lipinski definition) is 5. The normalized spacial score (nSPS) is 14.8. The maximum Gasteiger partial charge on any atom is 0.256 e. The number of pyridine rings is 2. The molecule has 8 nitrogen and oxygen atoms in total. The first-order valence-corrected chi connectivity index (χ1v) is 12.0. The van der Waals surface area contributed by atoms with Crippen molar-refractivity contribution in [2.24, 2.45) is 0 Å². The topological polar surface area (TPSA) is 104 Å². The Kier molecular flexibility index (Phi) is 6.91. The van der Waals surface area contributed by atoms with Gasteiger partial charge in [-0.2, -0.15) is 0 Å². The minimum atomic E-state index is -0.805. The van der Waals surface area contributed by atoms with Gasteiger partial charge >= 0.3 is 0 Å². The molecule has 184 valence electrons. The van der Waals surface area contributed by atoms with Crippen molar-refractivity contribution in [2.45, 2.75) is 19.0 Å². The number of fused-ring (bicyclic) bond motifs is 1. The Bertz CT molecular complexity index is 1450. The van der Waals surface area contributed by atoms with Gasteiger partial charge in [-0.25, -0.2) is 4.98 Å². The number of carbonyl (C=O) groups is 3. The van der Waals surface area contributed by atoms with E-state index in [-0.39, 0.29) is 30.7 Å². The number of carbonyl (C=O) groups excluding carboxylic acids is 3. The number of aromatic nitrogens is 2. The van der Waals surface area contributed by atoms with E-state index in [0.717, 1.165) is 5.56 Å². The first kappa shape index (κ1) is 24.1. The molecular formula is C28H22ClN5O3. The molecule has 9 heteroatoms. The predicted octanol–water partition coefficient (Wildman–Crippen LogP) is 4.59. The summed E-state index contributed by atoms with van der Waals surface area (Å²) in [6.45, 7) is 0.198. The average Bonchev–Trinajstić information content (AvgIpc) is 3.05. The molecule has 3 heterocycles. The number of rotatable bonds is 5. The molecule has 1 unspecified atom stereocenters. The van der Waals surface area contributed by atoms with E-state index in [0.29, 0.717) is 33.3 Å². The summed E-state index contributed by atoms with van der Waals surface area (Å²) in [6.07, 6.45) is 3.48. The zero-order chi connectivity index (χ0) is 25.8. The molecule has 2 N–H and O–H groups in total. The average molecular weight is 512 g/mol. The lowest BCUT2D eigenvalue weighted by Crippen LogP contribution is -2.46. The highest BCUT2D eigenvalue weighted by atomic mass is 35.5. The Morgan fingerprint density at radius 2 is 1.68 bits per heavy atom. The van der Waals surface area contributed by atoms with Gasteiger partial charge in [0.15, 0.2) is 0 Å². The highest BCUT2D eigenvalue weighted by Crippen LogP contribution is 2.28. The molecule has 0 saturated carbocycles. The number of nitrogens with zero attached hydrogens (tertiary/aromatic N) is 3. The van der Waals surface area contributed by atoms with Gasteiger partial charge in [0.1, 0.15) is 11.9 Å².